The van der Waals surface area contributed by atoms with Crippen molar-refractivity contribution in [3.05, 3.63) is 23.8 Å². The molecule has 0 radical (unpaired) electrons. The SMILES string of the molecule is CN(Cc1ncc(C2OC(C)(C)C(C)(C)O2)cn1)C(=O)OC(C)(C)C. The molecule has 1 aliphatic rings. The number of nitrogens with zero attached hydrogens (tertiary/aromatic N) is 3. The Morgan fingerprint density at radius 2 is 1.64 bits per heavy atom. The molecule has 1 amide bonds. The maximum absolute atomic E-state index is 12.0. The summed E-state index contributed by atoms with van der Waals surface area (Å²) in [5.41, 5.74) is -0.602. The average molecular weight is 351 g/mol. The molecule has 1 aromatic rings. The molecular weight excluding hydrogens is 322 g/mol. The summed E-state index contributed by atoms with van der Waals surface area (Å²) in [6.07, 6.45) is 2.44. The van der Waals surface area contributed by atoms with E-state index in [0.29, 0.717) is 5.82 Å². The van der Waals surface area contributed by atoms with E-state index >= 15 is 0 Å². The Morgan fingerprint density at radius 1 is 1.16 bits per heavy atom. The fourth-order valence-electron chi connectivity index (χ4n) is 2.16. The van der Waals surface area contributed by atoms with E-state index in [1.165, 1.54) is 4.90 Å². The second kappa shape index (κ2) is 6.53. The fraction of sp³-hybridized carbons (Fsp3) is 0.722. The summed E-state index contributed by atoms with van der Waals surface area (Å²) in [4.78, 5) is 22.1. The van der Waals surface area contributed by atoms with E-state index in [9.17, 15) is 4.79 Å². The van der Waals surface area contributed by atoms with E-state index in [1.54, 1.807) is 19.4 Å². The minimum absolute atomic E-state index is 0.262. The molecule has 1 fully saturated rings. The van der Waals surface area contributed by atoms with Gasteiger partial charge in [-0.3, -0.25) is 0 Å². The van der Waals surface area contributed by atoms with Gasteiger partial charge in [-0.05, 0) is 48.5 Å². The summed E-state index contributed by atoms with van der Waals surface area (Å²) in [6.45, 7) is 13.7. The first kappa shape index (κ1) is 19.6. The van der Waals surface area contributed by atoms with Gasteiger partial charge in [0, 0.05) is 25.0 Å². The van der Waals surface area contributed by atoms with E-state index in [0.717, 1.165) is 5.56 Å². The van der Waals surface area contributed by atoms with Crippen LogP contribution in [0.5, 0.6) is 0 Å². The molecule has 2 heterocycles. The molecule has 0 N–H and O–H groups in total. The predicted molar refractivity (Wildman–Crippen MR) is 92.8 cm³/mol. The highest BCUT2D eigenvalue weighted by Gasteiger charge is 2.49. The van der Waals surface area contributed by atoms with Gasteiger partial charge in [-0.2, -0.15) is 0 Å². The topological polar surface area (TPSA) is 73.8 Å². The first-order valence-electron chi connectivity index (χ1n) is 8.41. The van der Waals surface area contributed by atoms with Gasteiger partial charge in [-0.1, -0.05) is 0 Å². The van der Waals surface area contributed by atoms with Gasteiger partial charge in [0.1, 0.15) is 11.4 Å². The number of rotatable bonds is 3. The number of amides is 1. The van der Waals surface area contributed by atoms with Crippen LogP contribution in [-0.2, 0) is 20.8 Å². The summed E-state index contributed by atoms with van der Waals surface area (Å²) >= 11 is 0. The first-order valence-corrected chi connectivity index (χ1v) is 8.41. The zero-order chi connectivity index (χ0) is 19.0. The van der Waals surface area contributed by atoms with E-state index in [-0.39, 0.29) is 6.54 Å². The monoisotopic (exact) mass is 351 g/mol. The number of carbonyl (C=O) groups excluding carboxylic acids is 1. The maximum atomic E-state index is 12.0. The molecule has 0 bridgehead atoms. The Bertz CT molecular complexity index is 604. The Morgan fingerprint density at radius 3 is 2.08 bits per heavy atom. The number of ether oxygens (including phenoxy) is 3. The molecule has 7 nitrogen and oxygen atoms in total. The van der Waals surface area contributed by atoms with E-state index in [4.69, 9.17) is 14.2 Å². The molecule has 0 spiro atoms. The Balaban J connectivity index is 2.00. The lowest BCUT2D eigenvalue weighted by molar-refractivity contribution is -0.0900. The minimum atomic E-state index is -0.535. The van der Waals surface area contributed by atoms with Gasteiger partial charge in [0.25, 0.3) is 0 Å². The quantitative estimate of drug-likeness (QED) is 0.830. The summed E-state index contributed by atoms with van der Waals surface area (Å²) in [6, 6.07) is 0. The maximum Gasteiger partial charge on any atom is 0.410 e. The van der Waals surface area contributed by atoms with Crippen LogP contribution in [0.3, 0.4) is 0 Å². The van der Waals surface area contributed by atoms with Gasteiger partial charge in [0.05, 0.1) is 17.7 Å². The van der Waals surface area contributed by atoms with E-state index < -0.39 is 29.2 Å². The molecule has 140 valence electrons. The summed E-state index contributed by atoms with van der Waals surface area (Å²) in [5.74, 6) is 0.522. The lowest BCUT2D eigenvalue weighted by Crippen LogP contribution is -2.41. The van der Waals surface area contributed by atoms with Crippen molar-refractivity contribution < 1.29 is 19.0 Å². The molecule has 7 heteroatoms. The van der Waals surface area contributed by atoms with Crippen molar-refractivity contribution in [1.29, 1.82) is 0 Å². The molecule has 0 aromatic carbocycles. The summed E-state index contributed by atoms with van der Waals surface area (Å²) in [5, 5.41) is 0. The standard InChI is InChI=1S/C18H29N3O4/c1-16(2,3)25-15(22)21(8)11-13-19-9-12(10-20-13)14-23-17(4,5)18(6,7)24-14/h9-10,14H,11H2,1-8H3. The third kappa shape index (κ3) is 4.67. The Kier molecular flexibility index (Phi) is 5.12. The predicted octanol–water partition coefficient (Wildman–Crippen LogP) is 3.45. The molecule has 0 unspecified atom stereocenters. The molecule has 25 heavy (non-hydrogen) atoms. The van der Waals surface area contributed by atoms with Crippen molar-refractivity contribution in [2.24, 2.45) is 0 Å². The van der Waals surface area contributed by atoms with Gasteiger partial charge in [-0.25, -0.2) is 14.8 Å². The van der Waals surface area contributed by atoms with Crippen LogP contribution in [0, 0.1) is 0 Å². The highest BCUT2D eigenvalue weighted by atomic mass is 16.7. The van der Waals surface area contributed by atoms with Crippen molar-refractivity contribution in [3.8, 4) is 0 Å². The largest absolute Gasteiger partial charge is 0.444 e. The lowest BCUT2D eigenvalue weighted by atomic mass is 9.90. The van der Waals surface area contributed by atoms with Gasteiger partial charge < -0.3 is 19.1 Å². The lowest BCUT2D eigenvalue weighted by Gasteiger charge is -2.30. The molecule has 1 aliphatic heterocycles. The second-order valence-electron chi connectivity index (χ2n) is 8.36. The summed E-state index contributed by atoms with van der Waals surface area (Å²) < 4.78 is 17.3. The van der Waals surface area contributed by atoms with Crippen LogP contribution < -0.4 is 0 Å². The van der Waals surface area contributed by atoms with Gasteiger partial charge >= 0.3 is 6.09 Å². The Labute approximate surface area is 149 Å². The second-order valence-corrected chi connectivity index (χ2v) is 8.36. The van der Waals surface area contributed by atoms with Crippen LogP contribution >= 0.6 is 0 Å². The molecule has 1 saturated heterocycles. The number of carbonyl (C=O) groups is 1. The van der Waals surface area contributed by atoms with Crippen LogP contribution in [0.15, 0.2) is 12.4 Å². The zero-order valence-corrected chi connectivity index (χ0v) is 16.4. The smallest absolute Gasteiger partial charge is 0.410 e. The molecule has 0 aliphatic carbocycles. The van der Waals surface area contributed by atoms with Crippen molar-refractivity contribution in [2.45, 2.75) is 78.1 Å². The first-order chi connectivity index (χ1) is 11.3. The highest BCUT2D eigenvalue weighted by Crippen LogP contribution is 2.44. The molecular formula is C18H29N3O4. The normalized spacial score (nSPS) is 19.7. The van der Waals surface area contributed by atoms with E-state index in [2.05, 4.69) is 9.97 Å². The number of hydrogen-bond donors (Lipinski definition) is 0. The number of hydrogen-bond acceptors (Lipinski definition) is 6. The number of aromatic nitrogens is 2. The average Bonchev–Trinajstić information content (AvgIpc) is 2.66. The van der Waals surface area contributed by atoms with Gasteiger partial charge in [0.15, 0.2) is 6.29 Å². The Hall–Kier alpha value is -1.73. The van der Waals surface area contributed by atoms with Crippen LogP contribution in [0.25, 0.3) is 0 Å². The van der Waals surface area contributed by atoms with Crippen LogP contribution in [0.1, 0.15) is 66.1 Å². The van der Waals surface area contributed by atoms with Crippen molar-refractivity contribution in [2.75, 3.05) is 7.05 Å². The minimum Gasteiger partial charge on any atom is -0.444 e. The van der Waals surface area contributed by atoms with Crippen molar-refractivity contribution in [1.82, 2.24) is 14.9 Å². The van der Waals surface area contributed by atoms with Gasteiger partial charge in [0.2, 0.25) is 0 Å². The van der Waals surface area contributed by atoms with E-state index in [1.807, 2.05) is 48.5 Å². The summed E-state index contributed by atoms with van der Waals surface area (Å²) in [7, 11) is 1.65. The molecule has 1 aromatic heterocycles. The highest BCUT2D eigenvalue weighted by molar-refractivity contribution is 5.67. The molecule has 0 atom stereocenters. The third-order valence-corrected chi connectivity index (χ3v) is 4.33. The van der Waals surface area contributed by atoms with Gasteiger partial charge in [-0.15, -0.1) is 0 Å². The molecule has 2 rings (SSSR count). The van der Waals surface area contributed by atoms with Crippen LogP contribution in [-0.4, -0.2) is 44.8 Å². The van der Waals surface area contributed by atoms with Crippen LogP contribution in [0.2, 0.25) is 0 Å². The van der Waals surface area contributed by atoms with Crippen molar-refractivity contribution >= 4 is 6.09 Å². The fourth-order valence-corrected chi connectivity index (χ4v) is 2.16. The zero-order valence-electron chi connectivity index (χ0n) is 16.4. The third-order valence-electron chi connectivity index (χ3n) is 4.33. The molecule has 0 saturated carbocycles. The van der Waals surface area contributed by atoms with Crippen LogP contribution in [0.4, 0.5) is 4.79 Å². The van der Waals surface area contributed by atoms with Crippen molar-refractivity contribution in [3.63, 3.8) is 0 Å².